The first-order valence-electron chi connectivity index (χ1n) is 14.1. The van der Waals surface area contributed by atoms with Crippen LogP contribution in [0.25, 0.3) is 0 Å². The third kappa shape index (κ3) is 4.50. The predicted octanol–water partition coefficient (Wildman–Crippen LogP) is 8.52. The Kier molecular flexibility index (Phi) is 7.24. The second-order valence-electron chi connectivity index (χ2n) is 13.0. The van der Waals surface area contributed by atoms with Crippen molar-refractivity contribution in [2.45, 2.75) is 119 Å². The molecule has 2 nitrogen and oxygen atoms in total. The van der Waals surface area contributed by atoms with Gasteiger partial charge in [-0.2, -0.15) is 0 Å². The summed E-state index contributed by atoms with van der Waals surface area (Å²) < 4.78 is 5.63. The largest absolute Gasteiger partial charge is 0.462 e. The minimum atomic E-state index is -0.118. The molecular weight excluding hydrogens is 404 g/mol. The van der Waals surface area contributed by atoms with Gasteiger partial charge in [-0.25, -0.2) is 0 Å². The Morgan fingerprint density at radius 1 is 1.12 bits per heavy atom. The van der Waals surface area contributed by atoms with E-state index in [0.29, 0.717) is 16.7 Å². The van der Waals surface area contributed by atoms with E-state index < -0.39 is 0 Å². The molecule has 0 aromatic rings. The Balaban J connectivity index is 1.47. The van der Waals surface area contributed by atoms with Crippen molar-refractivity contribution in [3.05, 3.63) is 23.3 Å². The maximum atomic E-state index is 11.5. The van der Waals surface area contributed by atoms with Crippen molar-refractivity contribution >= 4 is 5.97 Å². The van der Waals surface area contributed by atoms with E-state index in [4.69, 9.17) is 4.74 Å². The molecule has 0 radical (unpaired) electrons. The Bertz CT molecular complexity index is 791. The zero-order valence-corrected chi connectivity index (χ0v) is 22.6. The standard InChI is InChI=1S/C31H50O2/c1-8-23(20(2)3)10-9-21(4)27-13-14-28-26-12-11-24-19-25(33-22(5)32)15-17-30(24,6)29(26)16-18-31(27,28)7/h8,11,20-21,25-29H,9-10,12-19H2,1-7H3/b23-8+/t21-,25-,26+,27-,28+,29+,30-,31-/m0/s1. The van der Waals surface area contributed by atoms with E-state index >= 15 is 0 Å². The third-order valence-corrected chi connectivity index (χ3v) is 11.2. The van der Waals surface area contributed by atoms with Gasteiger partial charge in [-0.15, -0.1) is 0 Å². The highest BCUT2D eigenvalue weighted by atomic mass is 16.5. The molecule has 0 N–H and O–H groups in total. The van der Waals surface area contributed by atoms with E-state index in [-0.39, 0.29) is 12.1 Å². The first-order valence-corrected chi connectivity index (χ1v) is 14.1. The number of ether oxygens (including phenoxy) is 1. The summed E-state index contributed by atoms with van der Waals surface area (Å²) in [5, 5.41) is 0. The topological polar surface area (TPSA) is 26.3 Å². The molecule has 0 bridgehead atoms. The van der Waals surface area contributed by atoms with Gasteiger partial charge < -0.3 is 4.74 Å². The van der Waals surface area contributed by atoms with E-state index in [0.717, 1.165) is 42.4 Å². The number of hydrogen-bond donors (Lipinski definition) is 0. The van der Waals surface area contributed by atoms with Crippen molar-refractivity contribution < 1.29 is 9.53 Å². The molecule has 0 aromatic heterocycles. The van der Waals surface area contributed by atoms with Crippen molar-refractivity contribution in [3.8, 4) is 0 Å². The summed E-state index contributed by atoms with van der Waals surface area (Å²) in [6.07, 6.45) is 17.9. The van der Waals surface area contributed by atoms with Gasteiger partial charge in [-0.3, -0.25) is 4.79 Å². The van der Waals surface area contributed by atoms with Crippen molar-refractivity contribution in [3.63, 3.8) is 0 Å². The van der Waals surface area contributed by atoms with Crippen LogP contribution in [0.3, 0.4) is 0 Å². The van der Waals surface area contributed by atoms with Gasteiger partial charge in [0.05, 0.1) is 0 Å². The van der Waals surface area contributed by atoms with Crippen LogP contribution in [0.4, 0.5) is 0 Å². The van der Waals surface area contributed by atoms with E-state index in [1.165, 1.54) is 51.4 Å². The van der Waals surface area contributed by atoms with Gasteiger partial charge in [0.15, 0.2) is 0 Å². The molecule has 4 rings (SSSR count). The maximum Gasteiger partial charge on any atom is 0.302 e. The number of carbonyl (C=O) groups is 1. The summed E-state index contributed by atoms with van der Waals surface area (Å²) >= 11 is 0. The van der Waals surface area contributed by atoms with E-state index in [1.54, 1.807) is 18.1 Å². The number of carbonyl (C=O) groups excluding carboxylic acids is 1. The fourth-order valence-electron chi connectivity index (χ4n) is 9.30. The lowest BCUT2D eigenvalue weighted by molar-refractivity contribution is -0.148. The fourth-order valence-corrected chi connectivity index (χ4v) is 9.30. The van der Waals surface area contributed by atoms with Crippen LogP contribution >= 0.6 is 0 Å². The molecule has 8 atom stereocenters. The van der Waals surface area contributed by atoms with Crippen LogP contribution < -0.4 is 0 Å². The monoisotopic (exact) mass is 454 g/mol. The molecule has 0 aliphatic heterocycles. The number of hydrogen-bond acceptors (Lipinski definition) is 2. The number of esters is 1. The lowest BCUT2D eigenvalue weighted by Gasteiger charge is -2.58. The average Bonchev–Trinajstić information content (AvgIpc) is 3.11. The first kappa shape index (κ1) is 25.1. The van der Waals surface area contributed by atoms with Crippen molar-refractivity contribution in [1.29, 1.82) is 0 Å². The normalized spacial score (nSPS) is 41.6. The van der Waals surface area contributed by atoms with Crippen LogP contribution in [0.1, 0.15) is 113 Å². The molecule has 3 fully saturated rings. The summed E-state index contributed by atoms with van der Waals surface area (Å²) in [4.78, 5) is 11.5. The van der Waals surface area contributed by atoms with E-state index in [2.05, 4.69) is 53.7 Å². The molecule has 3 saturated carbocycles. The molecular formula is C31H50O2. The Hall–Kier alpha value is -1.05. The molecule has 33 heavy (non-hydrogen) atoms. The van der Waals surface area contributed by atoms with Gasteiger partial charge in [-0.1, -0.05) is 57.9 Å². The van der Waals surface area contributed by atoms with Gasteiger partial charge in [-0.05, 0) is 111 Å². The Morgan fingerprint density at radius 2 is 1.88 bits per heavy atom. The summed E-state index contributed by atoms with van der Waals surface area (Å²) in [6.45, 7) is 16.3. The van der Waals surface area contributed by atoms with Gasteiger partial charge in [0.25, 0.3) is 0 Å². The zero-order chi connectivity index (χ0) is 24.0. The molecule has 4 aliphatic rings. The molecule has 0 amide bonds. The summed E-state index contributed by atoms with van der Waals surface area (Å²) in [7, 11) is 0. The Morgan fingerprint density at radius 3 is 2.55 bits per heavy atom. The quantitative estimate of drug-likeness (QED) is 0.297. The summed E-state index contributed by atoms with van der Waals surface area (Å²) in [6, 6.07) is 0. The van der Waals surface area contributed by atoms with Gasteiger partial charge in [0.1, 0.15) is 6.10 Å². The molecule has 186 valence electrons. The fraction of sp³-hybridized carbons (Fsp3) is 0.839. The lowest BCUT2D eigenvalue weighted by atomic mass is 9.47. The van der Waals surface area contributed by atoms with Crippen molar-refractivity contribution in [1.82, 2.24) is 0 Å². The maximum absolute atomic E-state index is 11.5. The Labute approximate surface area is 204 Å². The molecule has 0 unspecified atom stereocenters. The van der Waals surface area contributed by atoms with Gasteiger partial charge in [0.2, 0.25) is 0 Å². The van der Waals surface area contributed by atoms with Gasteiger partial charge >= 0.3 is 5.97 Å². The highest BCUT2D eigenvalue weighted by molar-refractivity contribution is 5.66. The smallest absolute Gasteiger partial charge is 0.302 e. The number of rotatable bonds is 6. The summed E-state index contributed by atoms with van der Waals surface area (Å²) in [5.74, 6) is 4.88. The molecule has 0 aromatic carbocycles. The summed E-state index contributed by atoms with van der Waals surface area (Å²) in [5.41, 5.74) is 4.13. The van der Waals surface area contributed by atoms with Crippen LogP contribution in [0.15, 0.2) is 23.3 Å². The van der Waals surface area contributed by atoms with Crippen LogP contribution in [-0.2, 0) is 9.53 Å². The van der Waals surface area contributed by atoms with Gasteiger partial charge in [0, 0.05) is 13.3 Å². The minimum Gasteiger partial charge on any atom is -0.462 e. The highest BCUT2D eigenvalue weighted by Gasteiger charge is 2.59. The third-order valence-electron chi connectivity index (χ3n) is 11.2. The lowest BCUT2D eigenvalue weighted by Crippen LogP contribution is -2.51. The minimum absolute atomic E-state index is 0.108. The molecule has 0 heterocycles. The van der Waals surface area contributed by atoms with Crippen molar-refractivity contribution in [2.75, 3.05) is 0 Å². The molecule has 4 aliphatic carbocycles. The van der Waals surface area contributed by atoms with Crippen LogP contribution in [0.2, 0.25) is 0 Å². The van der Waals surface area contributed by atoms with Crippen molar-refractivity contribution in [2.24, 2.45) is 46.3 Å². The van der Waals surface area contributed by atoms with Crippen LogP contribution in [-0.4, -0.2) is 12.1 Å². The second-order valence-corrected chi connectivity index (χ2v) is 13.0. The highest BCUT2D eigenvalue weighted by Crippen LogP contribution is 2.67. The molecule has 0 spiro atoms. The predicted molar refractivity (Wildman–Crippen MR) is 138 cm³/mol. The van der Waals surface area contributed by atoms with Crippen LogP contribution in [0, 0.1) is 46.3 Å². The molecule has 2 heteroatoms. The second kappa shape index (κ2) is 9.54. The molecule has 0 saturated heterocycles. The van der Waals surface area contributed by atoms with Crippen LogP contribution in [0.5, 0.6) is 0 Å². The van der Waals surface area contributed by atoms with E-state index in [9.17, 15) is 4.79 Å². The first-order chi connectivity index (χ1) is 15.6. The number of allylic oxidation sites excluding steroid dienone is 3. The number of fused-ring (bicyclic) bond motifs is 5. The SMILES string of the molecule is C/C=C(\CC[C@H](C)[C@@H]1CC[C@@H]2[C@H]3CC=C4C[C@@H](OC(C)=O)CC[C@]4(C)[C@@H]3CC[C@]21C)C(C)C. The average molecular weight is 455 g/mol. The van der Waals surface area contributed by atoms with E-state index in [1.807, 2.05) is 0 Å². The zero-order valence-electron chi connectivity index (χ0n) is 22.6.